The largest absolute Gasteiger partial charge is 0.398 e. The van der Waals surface area contributed by atoms with Crippen molar-refractivity contribution in [3.05, 3.63) is 46.5 Å². The summed E-state index contributed by atoms with van der Waals surface area (Å²) in [5.74, 6) is 0.248. The SMILES string of the molecule is Cn1ccnc1C(=O)c1cccc(N)c1Br. The first-order valence-corrected chi connectivity index (χ1v) is 5.46. The Kier molecular flexibility index (Phi) is 2.78. The zero-order valence-corrected chi connectivity index (χ0v) is 10.2. The molecule has 2 rings (SSSR count). The third-order valence-corrected chi connectivity index (χ3v) is 3.18. The molecule has 2 N–H and O–H groups in total. The standard InChI is InChI=1S/C11H10BrN3O/c1-15-6-5-14-11(15)10(16)7-3-2-4-8(13)9(7)12/h2-6H,13H2,1H3. The Morgan fingerprint density at radius 3 is 2.88 bits per heavy atom. The van der Waals surface area contributed by atoms with Crippen LogP contribution in [0.5, 0.6) is 0 Å². The Bertz CT molecular complexity index is 548. The van der Waals surface area contributed by atoms with Gasteiger partial charge >= 0.3 is 0 Å². The summed E-state index contributed by atoms with van der Waals surface area (Å²) < 4.78 is 2.29. The number of carbonyl (C=O) groups excluding carboxylic acids is 1. The molecule has 0 bridgehead atoms. The smallest absolute Gasteiger partial charge is 0.229 e. The maximum Gasteiger partial charge on any atom is 0.229 e. The number of carbonyl (C=O) groups is 1. The van der Waals surface area contributed by atoms with Crippen LogP contribution in [0.4, 0.5) is 5.69 Å². The molecule has 4 nitrogen and oxygen atoms in total. The Morgan fingerprint density at radius 2 is 2.25 bits per heavy atom. The van der Waals surface area contributed by atoms with Gasteiger partial charge in [0, 0.05) is 30.7 Å². The van der Waals surface area contributed by atoms with E-state index in [1.54, 1.807) is 42.2 Å². The van der Waals surface area contributed by atoms with Gasteiger partial charge in [-0.2, -0.15) is 0 Å². The number of benzene rings is 1. The number of hydrogen-bond donors (Lipinski definition) is 1. The molecule has 1 aromatic carbocycles. The van der Waals surface area contributed by atoms with Gasteiger partial charge in [-0.1, -0.05) is 6.07 Å². The van der Waals surface area contributed by atoms with Gasteiger partial charge in [0.2, 0.25) is 5.78 Å². The van der Waals surface area contributed by atoms with Gasteiger partial charge in [0.05, 0.1) is 4.47 Å². The molecular weight excluding hydrogens is 270 g/mol. The van der Waals surface area contributed by atoms with E-state index in [1.165, 1.54) is 0 Å². The predicted octanol–water partition coefficient (Wildman–Crippen LogP) is 2.00. The van der Waals surface area contributed by atoms with E-state index in [9.17, 15) is 4.79 Å². The van der Waals surface area contributed by atoms with Crippen molar-refractivity contribution in [1.82, 2.24) is 9.55 Å². The molecule has 5 heteroatoms. The molecule has 0 saturated carbocycles. The van der Waals surface area contributed by atoms with Crippen LogP contribution in [-0.2, 0) is 7.05 Å². The van der Waals surface area contributed by atoms with E-state index >= 15 is 0 Å². The van der Waals surface area contributed by atoms with Crippen LogP contribution in [0.3, 0.4) is 0 Å². The van der Waals surface area contributed by atoms with E-state index in [-0.39, 0.29) is 5.78 Å². The number of rotatable bonds is 2. The summed E-state index contributed by atoms with van der Waals surface area (Å²) in [7, 11) is 1.78. The van der Waals surface area contributed by atoms with Crippen molar-refractivity contribution in [2.24, 2.45) is 7.05 Å². The van der Waals surface area contributed by atoms with Crippen LogP contribution in [0.1, 0.15) is 16.2 Å². The van der Waals surface area contributed by atoms with Gasteiger partial charge < -0.3 is 10.3 Å². The van der Waals surface area contributed by atoms with Crippen molar-refractivity contribution in [3.8, 4) is 0 Å². The van der Waals surface area contributed by atoms with E-state index in [2.05, 4.69) is 20.9 Å². The third-order valence-electron chi connectivity index (χ3n) is 2.30. The second-order valence-corrected chi connectivity index (χ2v) is 4.19. The molecule has 0 amide bonds. The summed E-state index contributed by atoms with van der Waals surface area (Å²) in [6.45, 7) is 0. The predicted molar refractivity (Wildman–Crippen MR) is 65.2 cm³/mol. The van der Waals surface area contributed by atoms with Crippen LogP contribution in [-0.4, -0.2) is 15.3 Å². The minimum absolute atomic E-state index is 0.147. The zero-order chi connectivity index (χ0) is 11.7. The van der Waals surface area contributed by atoms with Crippen LogP contribution in [0.15, 0.2) is 35.1 Å². The number of imidazole rings is 1. The lowest BCUT2D eigenvalue weighted by Gasteiger charge is -2.05. The third kappa shape index (κ3) is 1.74. The summed E-state index contributed by atoms with van der Waals surface area (Å²) in [6, 6.07) is 5.20. The molecule has 1 heterocycles. The monoisotopic (exact) mass is 279 g/mol. The highest BCUT2D eigenvalue weighted by molar-refractivity contribution is 9.10. The fourth-order valence-corrected chi connectivity index (χ4v) is 1.87. The van der Waals surface area contributed by atoms with E-state index in [0.29, 0.717) is 21.5 Å². The minimum atomic E-state index is -0.147. The Morgan fingerprint density at radius 1 is 1.50 bits per heavy atom. The number of nitrogens with two attached hydrogens (primary N) is 1. The highest BCUT2D eigenvalue weighted by atomic mass is 79.9. The van der Waals surface area contributed by atoms with Crippen molar-refractivity contribution >= 4 is 27.4 Å². The normalized spacial score (nSPS) is 10.4. The molecule has 16 heavy (non-hydrogen) atoms. The van der Waals surface area contributed by atoms with Crippen molar-refractivity contribution in [3.63, 3.8) is 0 Å². The van der Waals surface area contributed by atoms with Crippen molar-refractivity contribution < 1.29 is 4.79 Å². The average Bonchev–Trinajstić information content (AvgIpc) is 2.68. The van der Waals surface area contributed by atoms with E-state index in [1.807, 2.05) is 0 Å². The molecule has 0 unspecified atom stereocenters. The molecule has 1 aromatic heterocycles. The van der Waals surface area contributed by atoms with Crippen molar-refractivity contribution in [2.45, 2.75) is 0 Å². The number of anilines is 1. The van der Waals surface area contributed by atoms with Crippen molar-refractivity contribution in [2.75, 3.05) is 5.73 Å². The molecular formula is C11H10BrN3O. The van der Waals surface area contributed by atoms with Crippen LogP contribution in [0, 0.1) is 0 Å². The lowest BCUT2D eigenvalue weighted by Crippen LogP contribution is -2.10. The maximum absolute atomic E-state index is 12.1. The van der Waals surface area contributed by atoms with Crippen LogP contribution in [0.2, 0.25) is 0 Å². The molecule has 0 saturated heterocycles. The first-order chi connectivity index (χ1) is 7.61. The Hall–Kier alpha value is -1.62. The molecule has 0 fully saturated rings. The summed E-state index contributed by atoms with van der Waals surface area (Å²) in [5.41, 5.74) is 6.79. The first kappa shape index (κ1) is 10.9. The Labute approximate surface area is 101 Å². The number of ketones is 1. The quantitative estimate of drug-likeness (QED) is 0.676. The molecule has 82 valence electrons. The number of nitrogen functional groups attached to an aromatic ring is 1. The van der Waals surface area contributed by atoms with E-state index < -0.39 is 0 Å². The number of halogens is 1. The van der Waals surface area contributed by atoms with Gasteiger partial charge in [0.15, 0.2) is 5.82 Å². The maximum atomic E-state index is 12.1. The van der Waals surface area contributed by atoms with E-state index in [4.69, 9.17) is 5.73 Å². The summed E-state index contributed by atoms with van der Waals surface area (Å²) in [6.07, 6.45) is 3.32. The fourth-order valence-electron chi connectivity index (χ4n) is 1.43. The van der Waals surface area contributed by atoms with Gasteiger partial charge in [-0.15, -0.1) is 0 Å². The summed E-state index contributed by atoms with van der Waals surface area (Å²) in [5, 5.41) is 0. The molecule has 2 aromatic rings. The topological polar surface area (TPSA) is 60.9 Å². The van der Waals surface area contributed by atoms with Gasteiger partial charge in [-0.05, 0) is 28.1 Å². The minimum Gasteiger partial charge on any atom is -0.398 e. The number of aryl methyl sites for hydroxylation is 1. The van der Waals surface area contributed by atoms with Gasteiger partial charge in [-0.25, -0.2) is 4.98 Å². The lowest BCUT2D eigenvalue weighted by molar-refractivity contribution is 0.102. The van der Waals surface area contributed by atoms with Gasteiger partial charge in [0.1, 0.15) is 0 Å². The van der Waals surface area contributed by atoms with Crippen LogP contribution < -0.4 is 5.73 Å². The molecule has 0 atom stereocenters. The molecule has 0 aliphatic carbocycles. The summed E-state index contributed by atoms with van der Waals surface area (Å²) >= 11 is 3.31. The van der Waals surface area contributed by atoms with Crippen LogP contribution in [0.25, 0.3) is 0 Å². The second-order valence-electron chi connectivity index (χ2n) is 3.40. The number of aromatic nitrogens is 2. The van der Waals surface area contributed by atoms with Crippen molar-refractivity contribution in [1.29, 1.82) is 0 Å². The molecule has 0 spiro atoms. The van der Waals surface area contributed by atoms with Gasteiger partial charge in [0.25, 0.3) is 0 Å². The number of nitrogens with zero attached hydrogens (tertiary/aromatic N) is 2. The molecule has 0 aliphatic heterocycles. The Balaban J connectivity index is 2.50. The second kappa shape index (κ2) is 4.09. The highest BCUT2D eigenvalue weighted by Gasteiger charge is 2.17. The molecule has 0 aliphatic rings. The first-order valence-electron chi connectivity index (χ1n) is 4.67. The van der Waals surface area contributed by atoms with Gasteiger partial charge in [-0.3, -0.25) is 4.79 Å². The number of hydrogen-bond acceptors (Lipinski definition) is 3. The molecule has 0 radical (unpaired) electrons. The zero-order valence-electron chi connectivity index (χ0n) is 8.64. The fraction of sp³-hybridized carbons (Fsp3) is 0.0909. The summed E-state index contributed by atoms with van der Waals surface area (Å²) in [4.78, 5) is 16.1. The highest BCUT2D eigenvalue weighted by Crippen LogP contribution is 2.25. The van der Waals surface area contributed by atoms with E-state index in [0.717, 1.165) is 0 Å². The van der Waals surface area contributed by atoms with Crippen LogP contribution >= 0.6 is 15.9 Å². The lowest BCUT2D eigenvalue weighted by atomic mass is 10.1. The average molecular weight is 280 g/mol.